The Morgan fingerprint density at radius 3 is 3.06 bits per heavy atom. The zero-order valence-corrected chi connectivity index (χ0v) is 9.84. The minimum absolute atomic E-state index is 0.791. The van der Waals surface area contributed by atoms with Crippen LogP contribution in [0.15, 0.2) is 30.5 Å². The fraction of sp³-hybridized carbons (Fsp3) is 0.154. The van der Waals surface area contributed by atoms with E-state index in [4.69, 9.17) is 6.42 Å². The number of nitrogens with zero attached hydrogens (tertiary/aromatic N) is 1. The first-order valence-electron chi connectivity index (χ1n) is 5.00. The van der Waals surface area contributed by atoms with E-state index in [-0.39, 0.29) is 0 Å². The first-order valence-corrected chi connectivity index (χ1v) is 5.81. The molecule has 2 rings (SSSR count). The highest BCUT2D eigenvalue weighted by Crippen LogP contribution is 2.15. The molecular weight excluding hydrogens is 216 g/mol. The molecule has 1 aromatic carbocycles. The van der Waals surface area contributed by atoms with Crippen LogP contribution in [0, 0.1) is 19.3 Å². The minimum atomic E-state index is 0.791. The van der Waals surface area contributed by atoms with Gasteiger partial charge in [-0.1, -0.05) is 12.0 Å². The van der Waals surface area contributed by atoms with Gasteiger partial charge >= 0.3 is 0 Å². The predicted molar refractivity (Wildman–Crippen MR) is 68.6 cm³/mol. The smallest absolute Gasteiger partial charge is 0.0897 e. The third kappa shape index (κ3) is 2.62. The van der Waals surface area contributed by atoms with E-state index in [9.17, 15) is 0 Å². The topological polar surface area (TPSA) is 24.9 Å². The van der Waals surface area contributed by atoms with E-state index in [0.717, 1.165) is 22.8 Å². The Hall–Kier alpha value is -1.79. The summed E-state index contributed by atoms with van der Waals surface area (Å²) >= 11 is 1.70. The van der Waals surface area contributed by atoms with Crippen molar-refractivity contribution >= 4 is 17.0 Å². The fourth-order valence-corrected chi connectivity index (χ4v) is 2.13. The average Bonchev–Trinajstić information content (AvgIpc) is 2.73. The van der Waals surface area contributed by atoms with E-state index in [2.05, 4.69) is 16.2 Å². The molecular formula is C13H12N2S. The lowest BCUT2D eigenvalue weighted by atomic mass is 10.2. The van der Waals surface area contributed by atoms with Crippen molar-refractivity contribution in [3.8, 4) is 12.3 Å². The van der Waals surface area contributed by atoms with Crippen LogP contribution in [0.5, 0.6) is 0 Å². The molecule has 0 saturated heterocycles. The van der Waals surface area contributed by atoms with Gasteiger partial charge in [0, 0.05) is 22.3 Å². The molecule has 0 bridgehead atoms. The Balaban J connectivity index is 2.02. The molecule has 3 heteroatoms. The summed E-state index contributed by atoms with van der Waals surface area (Å²) in [6.07, 6.45) is 7.24. The molecule has 80 valence electrons. The third-order valence-corrected chi connectivity index (χ3v) is 3.08. The molecule has 0 unspecified atom stereocenters. The number of rotatable bonds is 3. The van der Waals surface area contributed by atoms with Crippen molar-refractivity contribution in [3.63, 3.8) is 0 Å². The summed E-state index contributed by atoms with van der Waals surface area (Å²) in [6, 6.07) is 7.85. The van der Waals surface area contributed by atoms with E-state index in [1.807, 2.05) is 37.4 Å². The molecule has 0 radical (unpaired) electrons. The van der Waals surface area contributed by atoms with E-state index in [1.165, 1.54) is 4.88 Å². The van der Waals surface area contributed by atoms with Crippen molar-refractivity contribution in [2.75, 3.05) is 5.32 Å². The van der Waals surface area contributed by atoms with Gasteiger partial charge in [-0.15, -0.1) is 17.8 Å². The summed E-state index contributed by atoms with van der Waals surface area (Å²) in [4.78, 5) is 5.43. The molecule has 1 N–H and O–H groups in total. The van der Waals surface area contributed by atoms with Crippen molar-refractivity contribution in [1.29, 1.82) is 0 Å². The Bertz CT molecular complexity index is 523. The number of nitrogens with one attached hydrogen (secondary N) is 1. The van der Waals surface area contributed by atoms with Gasteiger partial charge in [0.2, 0.25) is 0 Å². The summed E-state index contributed by atoms with van der Waals surface area (Å²) in [7, 11) is 0. The zero-order chi connectivity index (χ0) is 11.4. The van der Waals surface area contributed by atoms with Gasteiger partial charge in [0.05, 0.1) is 11.6 Å². The van der Waals surface area contributed by atoms with Gasteiger partial charge in [-0.05, 0) is 25.1 Å². The molecule has 0 aliphatic rings. The van der Waals surface area contributed by atoms with E-state index in [0.29, 0.717) is 0 Å². The van der Waals surface area contributed by atoms with Crippen LogP contribution >= 0.6 is 11.3 Å². The predicted octanol–water partition coefficient (Wildman–Crippen LogP) is 3.04. The zero-order valence-electron chi connectivity index (χ0n) is 9.03. The second-order valence-electron chi connectivity index (χ2n) is 3.42. The maximum Gasteiger partial charge on any atom is 0.0897 e. The molecule has 1 heterocycles. The van der Waals surface area contributed by atoms with Crippen LogP contribution in [0.2, 0.25) is 0 Å². The van der Waals surface area contributed by atoms with Crippen molar-refractivity contribution in [2.45, 2.75) is 13.5 Å². The van der Waals surface area contributed by atoms with Crippen molar-refractivity contribution in [2.24, 2.45) is 0 Å². The monoisotopic (exact) mass is 228 g/mol. The SMILES string of the molecule is C#Cc1cccc(NCc2cnc(C)s2)c1. The van der Waals surface area contributed by atoms with Gasteiger partial charge in [-0.3, -0.25) is 0 Å². The van der Waals surface area contributed by atoms with Gasteiger partial charge in [0.25, 0.3) is 0 Å². The van der Waals surface area contributed by atoms with Crippen LogP contribution in [-0.2, 0) is 6.54 Å². The van der Waals surface area contributed by atoms with E-state index in [1.54, 1.807) is 11.3 Å². The Morgan fingerprint density at radius 2 is 2.38 bits per heavy atom. The normalized spacial score (nSPS) is 9.75. The largest absolute Gasteiger partial charge is 0.380 e. The fourth-order valence-electron chi connectivity index (χ4n) is 1.40. The molecule has 0 saturated carbocycles. The van der Waals surface area contributed by atoms with Crippen LogP contribution in [0.3, 0.4) is 0 Å². The highest BCUT2D eigenvalue weighted by Gasteiger charge is 1.98. The van der Waals surface area contributed by atoms with Gasteiger partial charge in [-0.25, -0.2) is 4.98 Å². The maximum atomic E-state index is 5.34. The number of hydrogen-bond acceptors (Lipinski definition) is 3. The molecule has 0 spiro atoms. The maximum absolute atomic E-state index is 5.34. The number of aromatic nitrogens is 1. The molecule has 1 aromatic heterocycles. The Kier molecular flexibility index (Phi) is 3.23. The third-order valence-electron chi connectivity index (χ3n) is 2.17. The van der Waals surface area contributed by atoms with E-state index < -0.39 is 0 Å². The van der Waals surface area contributed by atoms with Gasteiger partial charge < -0.3 is 5.32 Å². The second-order valence-corrected chi connectivity index (χ2v) is 4.74. The van der Waals surface area contributed by atoms with Crippen molar-refractivity contribution < 1.29 is 0 Å². The molecule has 0 fully saturated rings. The number of anilines is 1. The highest BCUT2D eigenvalue weighted by atomic mass is 32.1. The van der Waals surface area contributed by atoms with Gasteiger partial charge in [0.15, 0.2) is 0 Å². The lowest BCUT2D eigenvalue weighted by Gasteiger charge is -2.04. The number of benzene rings is 1. The van der Waals surface area contributed by atoms with Crippen LogP contribution in [0.1, 0.15) is 15.4 Å². The standard InChI is InChI=1S/C13H12N2S/c1-3-11-5-4-6-12(7-11)15-9-13-8-14-10(2)16-13/h1,4-8,15H,9H2,2H3. The van der Waals surface area contributed by atoms with Crippen LogP contribution < -0.4 is 5.32 Å². The molecule has 2 nitrogen and oxygen atoms in total. The van der Waals surface area contributed by atoms with Gasteiger partial charge in [0.1, 0.15) is 0 Å². The summed E-state index contributed by atoms with van der Waals surface area (Å²) in [5.41, 5.74) is 1.94. The summed E-state index contributed by atoms with van der Waals surface area (Å²) < 4.78 is 0. The first kappa shape index (κ1) is 10.7. The van der Waals surface area contributed by atoms with Crippen LogP contribution in [-0.4, -0.2) is 4.98 Å². The van der Waals surface area contributed by atoms with Crippen LogP contribution in [0.25, 0.3) is 0 Å². The lowest BCUT2D eigenvalue weighted by Crippen LogP contribution is -1.97. The highest BCUT2D eigenvalue weighted by molar-refractivity contribution is 7.11. The molecule has 16 heavy (non-hydrogen) atoms. The molecule has 0 amide bonds. The molecule has 2 aromatic rings. The van der Waals surface area contributed by atoms with Crippen molar-refractivity contribution in [1.82, 2.24) is 4.98 Å². The molecule has 0 aliphatic heterocycles. The summed E-state index contributed by atoms with van der Waals surface area (Å²) in [5.74, 6) is 2.62. The average molecular weight is 228 g/mol. The summed E-state index contributed by atoms with van der Waals surface area (Å²) in [5, 5.41) is 4.42. The Labute approximate surface area is 99.4 Å². The minimum Gasteiger partial charge on any atom is -0.380 e. The number of aryl methyl sites for hydroxylation is 1. The Morgan fingerprint density at radius 1 is 1.50 bits per heavy atom. The molecule has 0 atom stereocenters. The number of thiazole rings is 1. The van der Waals surface area contributed by atoms with Crippen molar-refractivity contribution in [3.05, 3.63) is 45.9 Å². The quantitative estimate of drug-likeness (QED) is 0.817. The van der Waals surface area contributed by atoms with Gasteiger partial charge in [-0.2, -0.15) is 0 Å². The van der Waals surface area contributed by atoms with Crippen LogP contribution in [0.4, 0.5) is 5.69 Å². The number of terminal acetylenes is 1. The first-order chi connectivity index (χ1) is 7.78. The lowest BCUT2D eigenvalue weighted by molar-refractivity contribution is 1.17. The van der Waals surface area contributed by atoms with E-state index >= 15 is 0 Å². The second kappa shape index (κ2) is 4.82. The number of hydrogen-bond donors (Lipinski definition) is 1. The molecule has 0 aliphatic carbocycles. The summed E-state index contributed by atoms with van der Waals surface area (Å²) in [6.45, 7) is 2.80.